The lowest BCUT2D eigenvalue weighted by atomic mass is 10.0. The third-order valence-electron chi connectivity index (χ3n) is 11.3. The molecule has 0 bridgehead atoms. The zero-order valence-corrected chi connectivity index (χ0v) is 38.0. The second-order valence-electron chi connectivity index (χ2n) is 16.6. The maximum Gasteiger partial charge on any atom is 0.161 e. The Morgan fingerprint density at radius 3 is 1.03 bits per heavy atom. The van der Waals surface area contributed by atoms with Crippen molar-refractivity contribution < 1.29 is 18.9 Å². The van der Waals surface area contributed by atoms with Gasteiger partial charge in [-0.25, -0.2) is 19.9 Å². The number of hydrogen-bond donors (Lipinski definition) is 0. The lowest BCUT2D eigenvalue weighted by Crippen LogP contribution is -2.03. The van der Waals surface area contributed by atoms with Gasteiger partial charge in [0.25, 0.3) is 0 Å². The van der Waals surface area contributed by atoms with Crippen LogP contribution in [0.15, 0.2) is 97.6 Å². The van der Waals surface area contributed by atoms with E-state index in [1.807, 2.05) is 24.3 Å². The minimum Gasteiger partial charge on any atom is -0.490 e. The highest BCUT2D eigenvalue weighted by atomic mass is 16.5. The first-order valence-electron chi connectivity index (χ1n) is 24.1. The van der Waals surface area contributed by atoms with Gasteiger partial charge in [0, 0.05) is 11.1 Å². The summed E-state index contributed by atoms with van der Waals surface area (Å²) in [5.74, 6) is 4.52. The van der Waals surface area contributed by atoms with Gasteiger partial charge in [-0.15, -0.1) is 0 Å². The van der Waals surface area contributed by atoms with Crippen LogP contribution in [0.25, 0.3) is 22.8 Å². The molecular weight excluding hydrogens is 769 g/mol. The summed E-state index contributed by atoms with van der Waals surface area (Å²) >= 11 is 0. The molecule has 62 heavy (non-hydrogen) atoms. The summed E-state index contributed by atoms with van der Waals surface area (Å²) in [4.78, 5) is 18.2. The number of aryl methyl sites for hydroxylation is 2. The van der Waals surface area contributed by atoms with Gasteiger partial charge in [0.1, 0.15) is 0 Å². The molecule has 2 aromatic heterocycles. The van der Waals surface area contributed by atoms with Crippen molar-refractivity contribution in [2.24, 2.45) is 0 Å². The number of unbranched alkanes of at least 4 members (excludes halogenated alkanes) is 16. The topological polar surface area (TPSA) is 88.5 Å². The number of rotatable bonds is 34. The zero-order valence-electron chi connectivity index (χ0n) is 38.0. The van der Waals surface area contributed by atoms with Gasteiger partial charge in [-0.05, 0) is 100 Å². The van der Waals surface area contributed by atoms with Gasteiger partial charge in [-0.1, -0.05) is 139 Å². The van der Waals surface area contributed by atoms with Gasteiger partial charge in [-0.3, -0.25) is 0 Å². The molecule has 0 spiro atoms. The van der Waals surface area contributed by atoms with Gasteiger partial charge in [0.15, 0.2) is 34.6 Å². The van der Waals surface area contributed by atoms with Crippen LogP contribution in [0.5, 0.6) is 23.0 Å². The fourth-order valence-electron chi connectivity index (χ4n) is 7.49. The summed E-state index contributed by atoms with van der Waals surface area (Å²) in [6.07, 6.45) is 33.5. The van der Waals surface area contributed by atoms with E-state index in [1.165, 1.54) is 88.2 Å². The van der Waals surface area contributed by atoms with Crippen molar-refractivity contribution in [1.29, 1.82) is 0 Å². The summed E-state index contributed by atoms with van der Waals surface area (Å²) in [6, 6.07) is 25.3. The van der Waals surface area contributed by atoms with Gasteiger partial charge in [-0.2, -0.15) is 0 Å². The first kappa shape index (κ1) is 48.1. The molecule has 8 nitrogen and oxygen atoms in total. The number of ether oxygens (including phenoxy) is 4. The van der Waals surface area contributed by atoms with Gasteiger partial charge in [0.2, 0.25) is 0 Å². The predicted octanol–water partition coefficient (Wildman–Crippen LogP) is 14.4. The molecule has 0 aliphatic carbocycles. The quantitative estimate of drug-likeness (QED) is 0.0378. The van der Waals surface area contributed by atoms with E-state index >= 15 is 0 Å². The van der Waals surface area contributed by atoms with Crippen LogP contribution in [0.3, 0.4) is 0 Å². The Morgan fingerprint density at radius 1 is 0.339 bits per heavy atom. The first-order chi connectivity index (χ1) is 30.7. The van der Waals surface area contributed by atoms with Gasteiger partial charge < -0.3 is 18.9 Å². The van der Waals surface area contributed by atoms with E-state index in [-0.39, 0.29) is 0 Å². The molecule has 0 saturated heterocycles. The maximum absolute atomic E-state index is 6.12. The Bertz CT molecular complexity index is 1730. The van der Waals surface area contributed by atoms with Crippen LogP contribution in [0, 0.1) is 0 Å². The molecule has 0 atom stereocenters. The van der Waals surface area contributed by atoms with Crippen molar-refractivity contribution in [1.82, 2.24) is 19.9 Å². The summed E-state index contributed by atoms with van der Waals surface area (Å²) in [5.41, 5.74) is 4.85. The molecule has 0 amide bonds. The molecule has 0 aliphatic heterocycles. The van der Waals surface area contributed by atoms with Crippen molar-refractivity contribution in [3.05, 3.63) is 109 Å². The molecule has 5 aromatic rings. The second kappa shape index (κ2) is 30.1. The molecule has 0 fully saturated rings. The standard InChI is InChI=1S/C54H74N4O4/c1-3-5-7-9-11-17-25-45-29-33-47(34-30-45)53-55-41-49(42-56-53)59-37-21-13-15-23-39-61-51-27-19-20-28-52(51)62-40-24-16-14-22-38-60-50-43-57-54(58-44-50)48-35-31-46(32-36-48)26-18-12-10-8-6-4-2/h19-20,27-36,41-44H,3-18,21-26,37-40H2,1-2H3. The van der Waals surface area contributed by atoms with E-state index < -0.39 is 0 Å². The zero-order chi connectivity index (χ0) is 43.1. The van der Waals surface area contributed by atoms with E-state index in [4.69, 9.17) is 18.9 Å². The summed E-state index contributed by atoms with van der Waals surface area (Å²) in [7, 11) is 0. The molecule has 0 N–H and O–H groups in total. The largest absolute Gasteiger partial charge is 0.490 e. The SMILES string of the molecule is CCCCCCCCc1ccc(-c2ncc(OCCCCCCOc3ccccc3OCCCCCCOc3cnc(-c4ccc(CCCCCCCC)cc4)nc3)cn2)cc1. The average molecular weight is 843 g/mol. The monoisotopic (exact) mass is 843 g/mol. The van der Waals surface area contributed by atoms with E-state index in [1.54, 1.807) is 24.8 Å². The minimum atomic E-state index is 0.651. The lowest BCUT2D eigenvalue weighted by molar-refractivity contribution is 0.254. The first-order valence-corrected chi connectivity index (χ1v) is 24.1. The van der Waals surface area contributed by atoms with Crippen LogP contribution in [-0.4, -0.2) is 46.4 Å². The highest BCUT2D eigenvalue weighted by molar-refractivity contribution is 5.56. The van der Waals surface area contributed by atoms with E-state index in [2.05, 4.69) is 82.3 Å². The third kappa shape index (κ3) is 19.0. The van der Waals surface area contributed by atoms with Crippen LogP contribution in [0.2, 0.25) is 0 Å². The van der Waals surface area contributed by atoms with Crippen molar-refractivity contribution in [3.63, 3.8) is 0 Å². The van der Waals surface area contributed by atoms with Crippen LogP contribution >= 0.6 is 0 Å². The van der Waals surface area contributed by atoms with E-state index in [0.717, 1.165) is 98.5 Å². The molecule has 334 valence electrons. The smallest absolute Gasteiger partial charge is 0.161 e. The highest BCUT2D eigenvalue weighted by Crippen LogP contribution is 2.27. The Morgan fingerprint density at radius 2 is 0.661 bits per heavy atom. The number of nitrogens with zero attached hydrogens (tertiary/aromatic N) is 4. The van der Waals surface area contributed by atoms with Crippen molar-refractivity contribution >= 4 is 0 Å². The third-order valence-corrected chi connectivity index (χ3v) is 11.3. The highest BCUT2D eigenvalue weighted by Gasteiger charge is 2.07. The van der Waals surface area contributed by atoms with E-state index in [0.29, 0.717) is 37.9 Å². The summed E-state index contributed by atoms with van der Waals surface area (Å²) in [5, 5.41) is 0. The van der Waals surface area contributed by atoms with Crippen molar-refractivity contribution in [3.8, 4) is 45.8 Å². The summed E-state index contributed by atoms with van der Waals surface area (Å²) in [6.45, 7) is 7.16. The molecule has 0 saturated carbocycles. The number of benzene rings is 3. The van der Waals surface area contributed by atoms with Crippen LogP contribution in [0.1, 0.15) is 153 Å². The maximum atomic E-state index is 6.12. The molecule has 5 rings (SSSR count). The summed E-state index contributed by atoms with van der Waals surface area (Å²) < 4.78 is 24.1. The fourth-order valence-corrected chi connectivity index (χ4v) is 7.49. The minimum absolute atomic E-state index is 0.651. The van der Waals surface area contributed by atoms with Gasteiger partial charge >= 0.3 is 0 Å². The number of aromatic nitrogens is 4. The number of hydrogen-bond acceptors (Lipinski definition) is 8. The molecule has 2 heterocycles. The average Bonchev–Trinajstić information content (AvgIpc) is 3.31. The molecule has 0 radical (unpaired) electrons. The van der Waals surface area contributed by atoms with Crippen LogP contribution in [0.4, 0.5) is 0 Å². The van der Waals surface area contributed by atoms with Crippen LogP contribution in [-0.2, 0) is 12.8 Å². The fraction of sp³-hybridized carbons (Fsp3) is 0.519. The normalized spacial score (nSPS) is 11.1. The van der Waals surface area contributed by atoms with Crippen LogP contribution < -0.4 is 18.9 Å². The Hall–Kier alpha value is -4.98. The van der Waals surface area contributed by atoms with Crippen molar-refractivity contribution in [2.75, 3.05) is 26.4 Å². The molecular formula is C54H74N4O4. The predicted molar refractivity (Wildman–Crippen MR) is 254 cm³/mol. The number of para-hydroxylation sites is 2. The Kier molecular flexibility index (Phi) is 23.4. The molecule has 3 aromatic carbocycles. The van der Waals surface area contributed by atoms with Gasteiger partial charge in [0.05, 0.1) is 51.2 Å². The lowest BCUT2D eigenvalue weighted by Gasteiger charge is -2.13. The second-order valence-corrected chi connectivity index (χ2v) is 16.6. The Labute approximate surface area is 373 Å². The molecule has 0 unspecified atom stereocenters. The Balaban J connectivity index is 0.851. The molecule has 8 heteroatoms. The van der Waals surface area contributed by atoms with E-state index in [9.17, 15) is 0 Å². The van der Waals surface area contributed by atoms with Crippen molar-refractivity contribution in [2.45, 2.75) is 155 Å². The molecule has 0 aliphatic rings.